The van der Waals surface area contributed by atoms with Crippen molar-refractivity contribution in [3.63, 3.8) is 0 Å². The Morgan fingerprint density at radius 2 is 0.786 bits per heavy atom. The number of carboxylic acids is 1. The molecule has 0 saturated heterocycles. The lowest BCUT2D eigenvalue weighted by Gasteiger charge is -2.14. The van der Waals surface area contributed by atoms with Crippen molar-refractivity contribution >= 4 is 11.9 Å². The first-order valence-corrected chi connectivity index (χ1v) is 18.2. The third kappa shape index (κ3) is 29.0. The molecule has 0 aliphatic rings. The van der Waals surface area contributed by atoms with Crippen molar-refractivity contribution < 1.29 is 29.6 Å². The molecule has 0 amide bonds. The van der Waals surface area contributed by atoms with Crippen molar-refractivity contribution in [1.82, 2.24) is 0 Å². The van der Waals surface area contributed by atoms with Crippen molar-refractivity contribution in [1.29, 1.82) is 0 Å². The van der Waals surface area contributed by atoms with Crippen LogP contribution in [-0.4, -0.2) is 45.6 Å². The quantitative estimate of drug-likeness (QED) is 0.0513. The molecule has 0 radical (unpaired) electrons. The zero-order chi connectivity index (χ0) is 31.1. The lowest BCUT2D eigenvalue weighted by Crippen LogP contribution is -2.27. The fraction of sp³-hybridized carbons (Fsp3) is 0.944. The lowest BCUT2D eigenvalue weighted by atomic mass is 10.0. The van der Waals surface area contributed by atoms with Crippen LogP contribution in [0.4, 0.5) is 0 Å². The van der Waals surface area contributed by atoms with E-state index in [4.69, 9.17) is 4.74 Å². The van der Waals surface area contributed by atoms with Crippen LogP contribution in [0, 0.1) is 0 Å². The Morgan fingerprint density at radius 1 is 0.476 bits per heavy atom. The van der Waals surface area contributed by atoms with Crippen LogP contribution >= 0.6 is 0 Å². The van der Waals surface area contributed by atoms with E-state index in [1.54, 1.807) is 0 Å². The Morgan fingerprint density at radius 3 is 1.14 bits per heavy atom. The second-order valence-corrected chi connectivity index (χ2v) is 12.7. The molecule has 0 saturated carbocycles. The van der Waals surface area contributed by atoms with Gasteiger partial charge in [-0.25, -0.2) is 4.79 Å². The number of aliphatic hydroxyl groups is 2. The summed E-state index contributed by atoms with van der Waals surface area (Å²) in [6.07, 6.45) is 28.6. The van der Waals surface area contributed by atoms with Crippen molar-refractivity contribution in [2.75, 3.05) is 0 Å². The maximum absolute atomic E-state index is 12.2. The normalized spacial score (nSPS) is 13.6. The van der Waals surface area contributed by atoms with Crippen LogP contribution in [0.5, 0.6) is 0 Å². The minimum absolute atomic E-state index is 0.160. The Labute approximate surface area is 259 Å². The molecule has 0 bridgehead atoms. The first-order chi connectivity index (χ1) is 20.4. The van der Waals surface area contributed by atoms with Gasteiger partial charge < -0.3 is 20.1 Å². The number of esters is 1. The number of hydrogen-bond acceptors (Lipinski definition) is 5. The van der Waals surface area contributed by atoms with Gasteiger partial charge in [0, 0.05) is 6.42 Å². The molecule has 0 fully saturated rings. The zero-order valence-corrected chi connectivity index (χ0v) is 27.8. The third-order valence-corrected chi connectivity index (χ3v) is 8.50. The fourth-order valence-corrected chi connectivity index (χ4v) is 5.66. The number of carboxylic acid groups (broad SMARTS) is 1. The van der Waals surface area contributed by atoms with Gasteiger partial charge in [-0.05, 0) is 44.9 Å². The summed E-state index contributed by atoms with van der Waals surface area (Å²) < 4.78 is 5.27. The van der Waals surface area contributed by atoms with Crippen LogP contribution in [0.2, 0.25) is 0 Å². The van der Waals surface area contributed by atoms with Crippen LogP contribution < -0.4 is 0 Å². The Bertz CT molecular complexity index is 595. The summed E-state index contributed by atoms with van der Waals surface area (Å²) in [6, 6.07) is 0. The van der Waals surface area contributed by atoms with E-state index in [9.17, 15) is 24.9 Å². The molecule has 0 aliphatic carbocycles. The SMILES string of the molecule is CCCCCCCC[C@@H](O)CCCCCCCCC(=O)O[C@H](CCCCCCC[C@H](O)CCCCCCCC)C(=O)O. The number of unbranched alkanes of at least 4 members (excludes halogenated alkanes) is 19. The van der Waals surface area contributed by atoms with E-state index in [1.165, 1.54) is 64.2 Å². The summed E-state index contributed by atoms with van der Waals surface area (Å²) in [5.74, 6) is -1.46. The maximum atomic E-state index is 12.2. The monoisotopic (exact) mass is 599 g/mol. The number of rotatable bonds is 33. The Kier molecular flexibility index (Phi) is 30.4. The molecular formula is C36H70O6. The summed E-state index contributed by atoms with van der Waals surface area (Å²) in [7, 11) is 0. The third-order valence-electron chi connectivity index (χ3n) is 8.50. The molecule has 6 heteroatoms. The second-order valence-electron chi connectivity index (χ2n) is 12.7. The van der Waals surface area contributed by atoms with Gasteiger partial charge in [-0.3, -0.25) is 4.79 Å². The summed E-state index contributed by atoms with van der Waals surface area (Å²) in [5.41, 5.74) is 0. The average Bonchev–Trinajstić information content (AvgIpc) is 2.96. The number of hydrogen-bond donors (Lipinski definition) is 3. The molecule has 0 unspecified atom stereocenters. The minimum Gasteiger partial charge on any atom is -0.479 e. The number of aliphatic hydroxyl groups excluding tert-OH is 2. The van der Waals surface area contributed by atoms with Crippen molar-refractivity contribution in [3.05, 3.63) is 0 Å². The minimum atomic E-state index is -1.06. The van der Waals surface area contributed by atoms with Gasteiger partial charge in [0.15, 0.2) is 6.10 Å². The van der Waals surface area contributed by atoms with Crippen LogP contribution in [0.25, 0.3) is 0 Å². The number of ether oxygens (including phenoxy) is 1. The topological polar surface area (TPSA) is 104 Å². The second kappa shape index (κ2) is 31.3. The molecule has 0 aromatic rings. The van der Waals surface area contributed by atoms with Gasteiger partial charge in [0.2, 0.25) is 0 Å². The van der Waals surface area contributed by atoms with Crippen LogP contribution in [-0.2, 0) is 14.3 Å². The molecule has 0 aliphatic heterocycles. The van der Waals surface area contributed by atoms with Crippen LogP contribution in [0.15, 0.2) is 0 Å². The Balaban J connectivity index is 3.67. The van der Waals surface area contributed by atoms with Gasteiger partial charge in [-0.1, -0.05) is 149 Å². The molecule has 3 atom stereocenters. The van der Waals surface area contributed by atoms with E-state index in [0.717, 1.165) is 109 Å². The van der Waals surface area contributed by atoms with E-state index in [0.29, 0.717) is 6.42 Å². The predicted molar refractivity (Wildman–Crippen MR) is 175 cm³/mol. The highest BCUT2D eigenvalue weighted by molar-refractivity contribution is 5.77. The van der Waals surface area contributed by atoms with Gasteiger partial charge in [0.25, 0.3) is 0 Å². The van der Waals surface area contributed by atoms with E-state index >= 15 is 0 Å². The summed E-state index contributed by atoms with van der Waals surface area (Å²) in [4.78, 5) is 23.7. The van der Waals surface area contributed by atoms with Gasteiger partial charge in [0.1, 0.15) is 0 Å². The molecule has 3 N–H and O–H groups in total. The smallest absolute Gasteiger partial charge is 0.345 e. The zero-order valence-electron chi connectivity index (χ0n) is 27.8. The molecule has 0 rings (SSSR count). The highest BCUT2D eigenvalue weighted by Gasteiger charge is 2.21. The number of carbonyl (C=O) groups is 2. The highest BCUT2D eigenvalue weighted by atomic mass is 16.6. The van der Waals surface area contributed by atoms with Gasteiger partial charge in [-0.2, -0.15) is 0 Å². The molecule has 42 heavy (non-hydrogen) atoms. The maximum Gasteiger partial charge on any atom is 0.345 e. The van der Waals surface area contributed by atoms with E-state index in [2.05, 4.69) is 13.8 Å². The summed E-state index contributed by atoms with van der Waals surface area (Å²) in [5, 5.41) is 29.7. The van der Waals surface area contributed by atoms with Gasteiger partial charge in [-0.15, -0.1) is 0 Å². The number of carbonyl (C=O) groups excluding carboxylic acids is 1. The summed E-state index contributed by atoms with van der Waals surface area (Å²) >= 11 is 0. The standard InChI is InChI=1S/C36H70O6/c1-3-5-7-9-14-20-26-32(37)28-22-16-11-12-19-25-31-35(39)42-34(36(40)41)30-24-18-13-17-23-29-33(38)27-21-15-10-8-6-4-2/h32-34,37-38H,3-31H2,1-2H3,(H,40,41)/t32-,33-,34-/m1/s1. The summed E-state index contributed by atoms with van der Waals surface area (Å²) in [6.45, 7) is 4.45. The highest BCUT2D eigenvalue weighted by Crippen LogP contribution is 2.17. The Hall–Kier alpha value is -1.14. The molecule has 0 aromatic carbocycles. The fourth-order valence-electron chi connectivity index (χ4n) is 5.66. The van der Waals surface area contributed by atoms with E-state index in [-0.39, 0.29) is 18.6 Å². The van der Waals surface area contributed by atoms with Crippen molar-refractivity contribution in [3.8, 4) is 0 Å². The number of aliphatic carboxylic acids is 1. The van der Waals surface area contributed by atoms with Crippen LogP contribution in [0.1, 0.15) is 200 Å². The molecule has 0 spiro atoms. The average molecular weight is 599 g/mol. The molecule has 0 heterocycles. The van der Waals surface area contributed by atoms with Crippen LogP contribution in [0.3, 0.4) is 0 Å². The lowest BCUT2D eigenvalue weighted by molar-refractivity contribution is -0.164. The molecule has 250 valence electrons. The van der Waals surface area contributed by atoms with E-state index < -0.39 is 18.0 Å². The van der Waals surface area contributed by atoms with Crippen molar-refractivity contribution in [2.24, 2.45) is 0 Å². The molecule has 6 nitrogen and oxygen atoms in total. The van der Waals surface area contributed by atoms with Gasteiger partial charge >= 0.3 is 11.9 Å². The van der Waals surface area contributed by atoms with Crippen molar-refractivity contribution in [2.45, 2.75) is 218 Å². The predicted octanol–water partition coefficient (Wildman–Crippen LogP) is 10.1. The first kappa shape index (κ1) is 40.9. The van der Waals surface area contributed by atoms with Gasteiger partial charge in [0.05, 0.1) is 12.2 Å². The van der Waals surface area contributed by atoms with E-state index in [1.807, 2.05) is 0 Å². The molecule has 0 aromatic heterocycles. The largest absolute Gasteiger partial charge is 0.479 e. The molecular weight excluding hydrogens is 528 g/mol. The first-order valence-electron chi connectivity index (χ1n) is 18.2.